The highest BCUT2D eigenvalue weighted by Crippen LogP contribution is 2.22. The first-order valence-corrected chi connectivity index (χ1v) is 12.0. The molecule has 0 spiro atoms. The number of morpholine rings is 1. The number of nitrogens with zero attached hydrogens (tertiary/aromatic N) is 4. The predicted octanol–water partition coefficient (Wildman–Crippen LogP) is 4.31. The minimum absolute atomic E-state index is 0.108. The molecule has 2 N–H and O–H groups in total. The normalized spacial score (nSPS) is 13.7. The number of anilines is 4. The van der Waals surface area contributed by atoms with Crippen molar-refractivity contribution < 1.29 is 9.53 Å². The number of carbonyl (C=O) groups excluding carboxylic acids is 1. The molecule has 172 valence electrons. The Morgan fingerprint density at radius 3 is 2.42 bits per heavy atom. The molecule has 1 saturated heterocycles. The molecule has 0 unspecified atom stereocenters. The van der Waals surface area contributed by atoms with Gasteiger partial charge in [-0.25, -0.2) is 0 Å². The smallest absolute Gasteiger partial charge is 0.234 e. The first-order chi connectivity index (χ1) is 16.1. The van der Waals surface area contributed by atoms with Gasteiger partial charge >= 0.3 is 0 Å². The molecule has 1 amide bonds. The van der Waals surface area contributed by atoms with E-state index >= 15 is 0 Å². The van der Waals surface area contributed by atoms with Crippen LogP contribution in [0.1, 0.15) is 25.3 Å². The molecule has 1 aliphatic heterocycles. The Morgan fingerprint density at radius 2 is 1.73 bits per heavy atom. The van der Waals surface area contributed by atoms with Gasteiger partial charge in [-0.05, 0) is 35.7 Å². The maximum absolute atomic E-state index is 12.5. The molecule has 0 aliphatic carbocycles. The monoisotopic (exact) mass is 464 g/mol. The number of para-hydroxylation sites is 1. The first kappa shape index (κ1) is 23.0. The second-order valence-electron chi connectivity index (χ2n) is 7.95. The number of hydrogen-bond acceptors (Lipinski definition) is 8. The lowest BCUT2D eigenvalue weighted by Crippen LogP contribution is -2.37. The highest BCUT2D eigenvalue weighted by molar-refractivity contribution is 7.99. The van der Waals surface area contributed by atoms with Gasteiger partial charge in [-0.1, -0.05) is 55.9 Å². The molecule has 1 fully saturated rings. The zero-order chi connectivity index (χ0) is 23.0. The van der Waals surface area contributed by atoms with E-state index in [2.05, 4.69) is 44.3 Å². The second kappa shape index (κ2) is 11.1. The summed E-state index contributed by atoms with van der Waals surface area (Å²) in [7, 11) is 0. The Balaban J connectivity index is 1.44. The molecule has 1 aromatic heterocycles. The van der Waals surface area contributed by atoms with Crippen molar-refractivity contribution in [2.24, 2.45) is 0 Å². The zero-order valence-corrected chi connectivity index (χ0v) is 19.6. The largest absolute Gasteiger partial charge is 0.378 e. The van der Waals surface area contributed by atoms with Crippen LogP contribution in [0.5, 0.6) is 0 Å². The third-order valence-electron chi connectivity index (χ3n) is 5.12. The maximum atomic E-state index is 12.5. The van der Waals surface area contributed by atoms with Crippen molar-refractivity contribution in [3.05, 3.63) is 60.2 Å². The Labute approximate surface area is 198 Å². The maximum Gasteiger partial charge on any atom is 0.234 e. The molecule has 4 rings (SSSR count). The van der Waals surface area contributed by atoms with Crippen LogP contribution in [-0.2, 0) is 9.53 Å². The van der Waals surface area contributed by atoms with Crippen molar-refractivity contribution in [2.75, 3.05) is 47.6 Å². The van der Waals surface area contributed by atoms with Gasteiger partial charge < -0.3 is 20.3 Å². The van der Waals surface area contributed by atoms with Crippen LogP contribution in [0.4, 0.5) is 23.3 Å². The number of nitrogens with one attached hydrogen (secondary N) is 2. The molecule has 2 aromatic carbocycles. The van der Waals surface area contributed by atoms with Gasteiger partial charge in [0.15, 0.2) is 5.16 Å². The molecule has 33 heavy (non-hydrogen) atoms. The topological polar surface area (TPSA) is 92.3 Å². The van der Waals surface area contributed by atoms with Gasteiger partial charge in [0.1, 0.15) is 0 Å². The Kier molecular flexibility index (Phi) is 7.74. The number of benzene rings is 2. The Bertz CT molecular complexity index is 1060. The molecule has 0 saturated carbocycles. The van der Waals surface area contributed by atoms with Gasteiger partial charge in [-0.2, -0.15) is 15.0 Å². The van der Waals surface area contributed by atoms with Crippen LogP contribution in [0.2, 0.25) is 0 Å². The van der Waals surface area contributed by atoms with Crippen LogP contribution in [0, 0.1) is 0 Å². The quantitative estimate of drug-likeness (QED) is 0.477. The summed E-state index contributed by atoms with van der Waals surface area (Å²) in [5.41, 5.74) is 2.90. The van der Waals surface area contributed by atoms with E-state index in [1.165, 1.54) is 17.3 Å². The van der Waals surface area contributed by atoms with Gasteiger partial charge in [0.05, 0.1) is 19.0 Å². The molecule has 0 bridgehead atoms. The lowest BCUT2D eigenvalue weighted by molar-refractivity contribution is -0.113. The SMILES string of the molecule is CC(C)c1ccc(NC(=O)CSc2nc(Nc3ccccc3)nc(N3CCOCC3)n2)cc1. The van der Waals surface area contributed by atoms with Crippen LogP contribution in [-0.4, -0.2) is 52.9 Å². The Hall–Kier alpha value is -3.17. The van der Waals surface area contributed by atoms with Crippen LogP contribution >= 0.6 is 11.8 Å². The third-order valence-corrected chi connectivity index (χ3v) is 5.97. The minimum Gasteiger partial charge on any atom is -0.378 e. The molecule has 9 heteroatoms. The van der Waals surface area contributed by atoms with Crippen molar-refractivity contribution in [3.63, 3.8) is 0 Å². The van der Waals surface area contributed by atoms with Crippen LogP contribution in [0.25, 0.3) is 0 Å². The summed E-state index contributed by atoms with van der Waals surface area (Å²) >= 11 is 1.29. The second-order valence-corrected chi connectivity index (χ2v) is 8.89. The van der Waals surface area contributed by atoms with E-state index in [0.717, 1.165) is 11.4 Å². The number of carbonyl (C=O) groups is 1. The van der Waals surface area contributed by atoms with Crippen LogP contribution in [0.3, 0.4) is 0 Å². The predicted molar refractivity (Wildman–Crippen MR) is 132 cm³/mol. The fourth-order valence-electron chi connectivity index (χ4n) is 3.30. The highest BCUT2D eigenvalue weighted by atomic mass is 32.2. The van der Waals surface area contributed by atoms with Crippen molar-refractivity contribution in [1.29, 1.82) is 0 Å². The van der Waals surface area contributed by atoms with Crippen molar-refractivity contribution in [2.45, 2.75) is 24.9 Å². The van der Waals surface area contributed by atoms with E-state index < -0.39 is 0 Å². The zero-order valence-electron chi connectivity index (χ0n) is 18.8. The summed E-state index contributed by atoms with van der Waals surface area (Å²) in [6, 6.07) is 17.7. The summed E-state index contributed by atoms with van der Waals surface area (Å²) < 4.78 is 5.45. The molecule has 8 nitrogen and oxygen atoms in total. The van der Waals surface area contributed by atoms with E-state index in [1.807, 2.05) is 54.6 Å². The lowest BCUT2D eigenvalue weighted by atomic mass is 10.0. The first-order valence-electron chi connectivity index (χ1n) is 11.0. The van der Waals surface area contributed by atoms with Crippen molar-refractivity contribution in [1.82, 2.24) is 15.0 Å². The Morgan fingerprint density at radius 1 is 1.00 bits per heavy atom. The molecule has 0 atom stereocenters. The average Bonchev–Trinajstić information content (AvgIpc) is 2.84. The van der Waals surface area contributed by atoms with E-state index in [-0.39, 0.29) is 11.7 Å². The number of rotatable bonds is 8. The summed E-state index contributed by atoms with van der Waals surface area (Å²) in [5.74, 6) is 1.57. The summed E-state index contributed by atoms with van der Waals surface area (Å²) in [4.78, 5) is 28.3. The van der Waals surface area contributed by atoms with Gasteiger partial charge in [0.2, 0.25) is 17.8 Å². The van der Waals surface area contributed by atoms with Gasteiger partial charge in [0, 0.05) is 24.5 Å². The molecule has 2 heterocycles. The fourth-order valence-corrected chi connectivity index (χ4v) is 3.93. The van der Waals surface area contributed by atoms with Gasteiger partial charge in [-0.15, -0.1) is 0 Å². The summed E-state index contributed by atoms with van der Waals surface area (Å²) in [6.45, 7) is 6.98. The molecule has 1 aliphatic rings. The number of amides is 1. The van der Waals surface area contributed by atoms with E-state index in [9.17, 15) is 4.79 Å². The standard InChI is InChI=1S/C24H28N6O2S/c1-17(2)18-8-10-20(11-9-18)25-21(31)16-33-24-28-22(26-19-6-4-3-5-7-19)27-23(29-24)30-12-14-32-15-13-30/h3-11,17H,12-16H2,1-2H3,(H,25,31)(H,26,27,28,29). The van der Waals surface area contributed by atoms with Gasteiger partial charge in [-0.3, -0.25) is 4.79 Å². The summed E-state index contributed by atoms with van der Waals surface area (Å²) in [5, 5.41) is 6.66. The number of thioether (sulfide) groups is 1. The number of aromatic nitrogens is 3. The summed E-state index contributed by atoms with van der Waals surface area (Å²) in [6.07, 6.45) is 0. The molecular weight excluding hydrogens is 436 g/mol. The molecule has 0 radical (unpaired) electrons. The van der Waals surface area contributed by atoms with Crippen LogP contribution < -0.4 is 15.5 Å². The van der Waals surface area contributed by atoms with E-state index in [4.69, 9.17) is 4.74 Å². The van der Waals surface area contributed by atoms with E-state index in [0.29, 0.717) is 49.3 Å². The van der Waals surface area contributed by atoms with Crippen molar-refractivity contribution >= 4 is 40.9 Å². The number of hydrogen-bond donors (Lipinski definition) is 2. The van der Waals surface area contributed by atoms with Crippen molar-refractivity contribution in [3.8, 4) is 0 Å². The minimum atomic E-state index is -0.108. The third kappa shape index (κ3) is 6.66. The lowest BCUT2D eigenvalue weighted by Gasteiger charge is -2.27. The van der Waals surface area contributed by atoms with Crippen LogP contribution in [0.15, 0.2) is 59.8 Å². The highest BCUT2D eigenvalue weighted by Gasteiger charge is 2.17. The molecular formula is C24H28N6O2S. The van der Waals surface area contributed by atoms with Gasteiger partial charge in [0.25, 0.3) is 0 Å². The fraction of sp³-hybridized carbons (Fsp3) is 0.333. The number of ether oxygens (including phenoxy) is 1. The van der Waals surface area contributed by atoms with E-state index in [1.54, 1.807) is 0 Å². The molecule has 3 aromatic rings. The average molecular weight is 465 g/mol.